The molecule has 0 radical (unpaired) electrons. The predicted octanol–water partition coefficient (Wildman–Crippen LogP) is 5.06. The van der Waals surface area contributed by atoms with Gasteiger partial charge in [-0.1, -0.05) is 26.0 Å². The van der Waals surface area contributed by atoms with Crippen LogP contribution in [0.15, 0.2) is 52.1 Å². The van der Waals surface area contributed by atoms with Crippen LogP contribution in [0.25, 0.3) is 11.1 Å². The Morgan fingerprint density at radius 3 is 2.37 bits per heavy atom. The maximum atomic E-state index is 14.5. The summed E-state index contributed by atoms with van der Waals surface area (Å²) in [5.74, 6) is -3.36. The minimum atomic E-state index is -4.75. The van der Waals surface area contributed by atoms with Crippen molar-refractivity contribution in [1.82, 2.24) is 4.98 Å². The maximum absolute atomic E-state index is 14.5. The van der Waals surface area contributed by atoms with Crippen molar-refractivity contribution >= 4 is 11.7 Å². The Bertz CT molecular complexity index is 1150. The molecule has 0 saturated carbocycles. The van der Waals surface area contributed by atoms with Gasteiger partial charge in [0.1, 0.15) is 22.8 Å². The van der Waals surface area contributed by atoms with Crippen molar-refractivity contribution in [3.8, 4) is 16.9 Å². The molecule has 7 nitrogen and oxygen atoms in total. The number of pyridine rings is 1. The number of allylic oxidation sites excluding steroid dienone is 1. The molecule has 0 fully saturated rings. The molecule has 2 aromatic rings. The van der Waals surface area contributed by atoms with E-state index in [0.29, 0.717) is 17.2 Å². The number of ether oxygens (including phenoxy) is 1. The SMILES string of the molecule is CC.CCOc1cc(-c2ccc(CC(=O)N=C(N)/C=C(\O)C(C)(C)C(F)(F)F)c(F)c2)c[nH]c1=O. The molecule has 0 aliphatic rings. The summed E-state index contributed by atoms with van der Waals surface area (Å²) < 4.78 is 58.6. The highest BCUT2D eigenvalue weighted by atomic mass is 19.4. The van der Waals surface area contributed by atoms with Crippen molar-refractivity contribution in [1.29, 1.82) is 0 Å². The molecule has 1 aromatic carbocycles. The Balaban J connectivity index is 0.00000298. The predicted molar refractivity (Wildman–Crippen MR) is 126 cm³/mol. The van der Waals surface area contributed by atoms with Gasteiger partial charge >= 0.3 is 6.18 Å². The number of rotatable bonds is 7. The molecule has 35 heavy (non-hydrogen) atoms. The molecule has 4 N–H and O–H groups in total. The van der Waals surface area contributed by atoms with E-state index in [4.69, 9.17) is 10.5 Å². The molecule has 2 rings (SSSR count). The largest absolute Gasteiger partial charge is 0.511 e. The summed E-state index contributed by atoms with van der Waals surface area (Å²) in [7, 11) is 0. The van der Waals surface area contributed by atoms with E-state index in [1.807, 2.05) is 13.8 Å². The normalized spacial score (nSPS) is 12.6. The van der Waals surface area contributed by atoms with Crippen LogP contribution in [0.1, 0.15) is 40.2 Å². The molecule has 1 heterocycles. The number of aromatic amines is 1. The molecule has 0 spiro atoms. The quantitative estimate of drug-likeness (QED) is 0.213. The number of amides is 1. The number of halogens is 4. The van der Waals surface area contributed by atoms with E-state index < -0.39 is 46.9 Å². The number of aliphatic hydroxyl groups is 1. The second-order valence-corrected chi connectivity index (χ2v) is 7.58. The summed E-state index contributed by atoms with van der Waals surface area (Å²) in [6.45, 7) is 7.46. The van der Waals surface area contributed by atoms with Gasteiger partial charge in [-0.3, -0.25) is 9.59 Å². The molecule has 192 valence electrons. The zero-order chi connectivity index (χ0) is 27.0. The van der Waals surface area contributed by atoms with Crippen molar-refractivity contribution < 1.29 is 32.2 Å². The lowest BCUT2D eigenvalue weighted by Crippen LogP contribution is -2.34. The molecule has 0 bridgehead atoms. The van der Waals surface area contributed by atoms with Crippen LogP contribution in [0.2, 0.25) is 0 Å². The number of carbonyl (C=O) groups is 1. The van der Waals surface area contributed by atoms with Crippen molar-refractivity contribution in [2.24, 2.45) is 16.1 Å². The number of aromatic nitrogens is 1. The summed E-state index contributed by atoms with van der Waals surface area (Å²) in [6, 6.07) is 5.45. The van der Waals surface area contributed by atoms with Gasteiger partial charge in [0, 0.05) is 17.8 Å². The highest BCUT2D eigenvalue weighted by Crippen LogP contribution is 2.42. The van der Waals surface area contributed by atoms with Gasteiger partial charge in [-0.15, -0.1) is 0 Å². The number of nitrogens with zero attached hydrogens (tertiary/aromatic N) is 1. The fraction of sp³-hybridized carbons (Fsp3) is 0.375. The van der Waals surface area contributed by atoms with E-state index in [2.05, 4.69) is 9.98 Å². The first-order chi connectivity index (χ1) is 16.3. The van der Waals surface area contributed by atoms with Crippen LogP contribution < -0.4 is 16.0 Å². The summed E-state index contributed by atoms with van der Waals surface area (Å²) in [4.78, 5) is 29.7. The maximum Gasteiger partial charge on any atom is 0.400 e. The smallest absolute Gasteiger partial charge is 0.400 e. The summed E-state index contributed by atoms with van der Waals surface area (Å²) in [5, 5.41) is 9.72. The molecule has 0 atom stereocenters. The van der Waals surface area contributed by atoms with Crippen LogP contribution in [-0.4, -0.2) is 34.6 Å². The highest BCUT2D eigenvalue weighted by molar-refractivity contribution is 6.00. The zero-order valence-electron chi connectivity index (χ0n) is 20.1. The van der Waals surface area contributed by atoms with E-state index in [9.17, 15) is 32.3 Å². The first-order valence-electron chi connectivity index (χ1n) is 10.8. The second kappa shape index (κ2) is 12.2. The Labute approximate surface area is 200 Å². The van der Waals surface area contributed by atoms with Crippen molar-refractivity contribution in [2.75, 3.05) is 6.61 Å². The van der Waals surface area contributed by atoms with Crippen molar-refractivity contribution in [3.63, 3.8) is 0 Å². The molecule has 1 aromatic heterocycles. The molecule has 1 amide bonds. The van der Waals surface area contributed by atoms with Crippen LogP contribution in [0.5, 0.6) is 5.75 Å². The Morgan fingerprint density at radius 2 is 1.83 bits per heavy atom. The third-order valence-corrected chi connectivity index (χ3v) is 4.78. The summed E-state index contributed by atoms with van der Waals surface area (Å²) >= 11 is 0. The van der Waals surface area contributed by atoms with Crippen molar-refractivity contribution in [2.45, 2.75) is 47.2 Å². The average molecular weight is 500 g/mol. The summed E-state index contributed by atoms with van der Waals surface area (Å²) in [5.41, 5.74) is 3.28. The van der Waals surface area contributed by atoms with Gasteiger partial charge in [0.25, 0.3) is 11.5 Å². The second-order valence-electron chi connectivity index (χ2n) is 7.58. The third kappa shape index (κ3) is 7.69. The van der Waals surface area contributed by atoms with Crippen LogP contribution in [0.3, 0.4) is 0 Å². The number of nitrogens with one attached hydrogen (secondary N) is 1. The lowest BCUT2D eigenvalue weighted by atomic mass is 9.89. The monoisotopic (exact) mass is 499 g/mol. The van der Waals surface area contributed by atoms with Gasteiger partial charge in [-0.05, 0) is 44.0 Å². The zero-order valence-corrected chi connectivity index (χ0v) is 20.1. The number of hydrogen-bond acceptors (Lipinski definition) is 4. The molecular formula is C24H29F4N3O4. The molecule has 0 aliphatic carbocycles. The first kappa shape index (κ1) is 29.4. The van der Waals surface area contributed by atoms with E-state index in [1.165, 1.54) is 24.4 Å². The lowest BCUT2D eigenvalue weighted by Gasteiger charge is -2.26. The molecule has 0 saturated heterocycles. The number of aliphatic hydroxyl groups excluding tert-OH is 1. The van der Waals surface area contributed by atoms with Crippen LogP contribution in [-0.2, 0) is 11.2 Å². The fourth-order valence-electron chi connectivity index (χ4n) is 2.61. The van der Waals surface area contributed by atoms with E-state index in [0.717, 1.165) is 19.9 Å². The number of hydrogen-bond donors (Lipinski definition) is 3. The van der Waals surface area contributed by atoms with Gasteiger partial charge in [0.2, 0.25) is 0 Å². The van der Waals surface area contributed by atoms with E-state index in [1.54, 1.807) is 6.92 Å². The van der Waals surface area contributed by atoms with Crippen LogP contribution in [0, 0.1) is 11.2 Å². The fourth-order valence-corrected chi connectivity index (χ4v) is 2.61. The summed E-state index contributed by atoms with van der Waals surface area (Å²) in [6.07, 6.45) is -3.34. The van der Waals surface area contributed by atoms with Gasteiger partial charge in [-0.25, -0.2) is 4.39 Å². The van der Waals surface area contributed by atoms with Gasteiger partial charge in [-0.2, -0.15) is 18.2 Å². The average Bonchev–Trinajstić information content (AvgIpc) is 2.77. The third-order valence-electron chi connectivity index (χ3n) is 4.78. The lowest BCUT2D eigenvalue weighted by molar-refractivity contribution is -0.206. The first-order valence-corrected chi connectivity index (χ1v) is 10.8. The van der Waals surface area contributed by atoms with E-state index >= 15 is 0 Å². The molecular weight excluding hydrogens is 470 g/mol. The molecule has 11 heteroatoms. The van der Waals surface area contributed by atoms with Gasteiger partial charge < -0.3 is 20.6 Å². The Kier molecular flexibility index (Phi) is 10.2. The topological polar surface area (TPSA) is 118 Å². The Morgan fingerprint density at radius 1 is 1.20 bits per heavy atom. The number of aliphatic imine (C=N–C) groups is 1. The van der Waals surface area contributed by atoms with Crippen LogP contribution >= 0.6 is 0 Å². The highest BCUT2D eigenvalue weighted by Gasteiger charge is 2.50. The number of benzene rings is 1. The molecule has 0 aliphatic heterocycles. The van der Waals surface area contributed by atoms with Crippen molar-refractivity contribution in [3.05, 3.63) is 64.0 Å². The number of H-pyrrole nitrogens is 1. The number of amidine groups is 1. The van der Waals surface area contributed by atoms with Gasteiger partial charge in [0.05, 0.1) is 13.0 Å². The minimum absolute atomic E-state index is 0.0291. The number of alkyl halides is 3. The number of carbonyl (C=O) groups excluding carboxylic acids is 1. The van der Waals surface area contributed by atoms with E-state index in [-0.39, 0.29) is 17.9 Å². The number of nitrogens with two attached hydrogens (primary N) is 1. The van der Waals surface area contributed by atoms with Gasteiger partial charge in [0.15, 0.2) is 5.75 Å². The van der Waals surface area contributed by atoms with Crippen LogP contribution in [0.4, 0.5) is 17.6 Å². The standard InChI is InChI=1S/C22H23F4N3O4.C2H6/c1-4-33-16-8-14(11-28-20(16)32)12-5-6-13(15(23)7-12)9-19(31)29-18(27)10-17(30)21(2,3)22(24,25)26;1-2/h5-8,10-11,30H,4,9H2,1-3H3,(H,28,32)(H2,27,29,31);1-2H3/b17-10-;. The molecule has 0 unspecified atom stereocenters. The Hall–Kier alpha value is -3.63. The minimum Gasteiger partial charge on any atom is -0.511 e.